The highest BCUT2D eigenvalue weighted by Crippen LogP contribution is 2.27. The fourth-order valence-corrected chi connectivity index (χ4v) is 1.79. The van der Waals surface area contributed by atoms with Crippen molar-refractivity contribution in [3.63, 3.8) is 0 Å². The molecule has 0 unspecified atom stereocenters. The molecule has 0 fully saturated rings. The molecule has 0 aromatic heterocycles. The smallest absolute Gasteiger partial charge is 0.362 e. The summed E-state index contributed by atoms with van der Waals surface area (Å²) in [5.74, 6) is 0. The van der Waals surface area contributed by atoms with Gasteiger partial charge in [0.05, 0.1) is 11.3 Å². The lowest BCUT2D eigenvalue weighted by Gasteiger charge is -2.25. The van der Waals surface area contributed by atoms with Crippen LogP contribution in [0.4, 0.5) is 18.9 Å². The third kappa shape index (κ3) is 3.93. The molecule has 0 bridgehead atoms. The van der Waals surface area contributed by atoms with Crippen LogP contribution in [-0.2, 0) is 0 Å². The first-order chi connectivity index (χ1) is 7.87. The molecule has 0 amide bonds. The maximum absolute atomic E-state index is 12.4. The summed E-state index contributed by atoms with van der Waals surface area (Å²) < 4.78 is 37.8. The Labute approximate surface area is 106 Å². The molecule has 2 nitrogen and oxygen atoms in total. The molecule has 0 saturated heterocycles. The zero-order valence-corrected chi connectivity index (χ0v) is 10.6. The van der Waals surface area contributed by atoms with Gasteiger partial charge in [0.1, 0.15) is 12.6 Å². The highest BCUT2D eigenvalue weighted by atomic mass is 79.9. The van der Waals surface area contributed by atoms with E-state index in [1.54, 1.807) is 13.0 Å². The monoisotopic (exact) mass is 306 g/mol. The standard InChI is InChI=1S/C11H10BrF3N2/c1-2-17(7-11(13,14)15)10-5-9(12)4-3-8(10)6-16/h3-5H,2,7H2,1H3. The van der Waals surface area contributed by atoms with Gasteiger partial charge in [-0.05, 0) is 25.1 Å². The molecule has 0 aliphatic heterocycles. The molecule has 0 atom stereocenters. The van der Waals surface area contributed by atoms with Crippen LogP contribution in [0.3, 0.4) is 0 Å². The normalized spacial score (nSPS) is 11.1. The van der Waals surface area contributed by atoms with E-state index in [9.17, 15) is 13.2 Å². The molecule has 0 aliphatic carbocycles. The molecule has 92 valence electrons. The summed E-state index contributed by atoms with van der Waals surface area (Å²) in [4.78, 5) is 1.13. The van der Waals surface area contributed by atoms with Gasteiger partial charge in [0.25, 0.3) is 0 Å². The second-order valence-electron chi connectivity index (χ2n) is 3.40. The lowest BCUT2D eigenvalue weighted by atomic mass is 10.1. The van der Waals surface area contributed by atoms with Crippen LogP contribution in [-0.4, -0.2) is 19.3 Å². The number of benzene rings is 1. The number of hydrogen-bond acceptors (Lipinski definition) is 2. The molecular formula is C11H10BrF3N2. The third-order valence-electron chi connectivity index (χ3n) is 2.17. The molecule has 1 aromatic carbocycles. The maximum atomic E-state index is 12.4. The van der Waals surface area contributed by atoms with Gasteiger partial charge >= 0.3 is 6.18 Å². The van der Waals surface area contributed by atoms with E-state index < -0.39 is 12.7 Å². The lowest BCUT2D eigenvalue weighted by molar-refractivity contribution is -0.119. The van der Waals surface area contributed by atoms with E-state index in [-0.39, 0.29) is 12.1 Å². The van der Waals surface area contributed by atoms with Crippen LogP contribution < -0.4 is 4.90 Å². The number of nitrogens with zero attached hydrogens (tertiary/aromatic N) is 2. The Morgan fingerprint density at radius 3 is 2.53 bits per heavy atom. The summed E-state index contributed by atoms with van der Waals surface area (Å²) in [7, 11) is 0. The topological polar surface area (TPSA) is 27.0 Å². The Morgan fingerprint density at radius 2 is 2.06 bits per heavy atom. The van der Waals surface area contributed by atoms with E-state index in [0.717, 1.165) is 4.90 Å². The van der Waals surface area contributed by atoms with Crippen molar-refractivity contribution in [2.45, 2.75) is 13.1 Å². The summed E-state index contributed by atoms with van der Waals surface area (Å²) >= 11 is 3.19. The van der Waals surface area contributed by atoms with Crippen molar-refractivity contribution in [2.24, 2.45) is 0 Å². The van der Waals surface area contributed by atoms with E-state index in [4.69, 9.17) is 5.26 Å². The Kier molecular flexibility index (Phi) is 4.40. The van der Waals surface area contributed by atoms with Crippen molar-refractivity contribution in [1.82, 2.24) is 0 Å². The Bertz CT molecular complexity index is 437. The second-order valence-corrected chi connectivity index (χ2v) is 4.32. The minimum atomic E-state index is -4.29. The van der Waals surface area contributed by atoms with Gasteiger partial charge in [-0.1, -0.05) is 15.9 Å². The van der Waals surface area contributed by atoms with Crippen molar-refractivity contribution in [2.75, 3.05) is 18.0 Å². The highest BCUT2D eigenvalue weighted by Gasteiger charge is 2.31. The van der Waals surface area contributed by atoms with E-state index in [1.165, 1.54) is 12.1 Å². The zero-order chi connectivity index (χ0) is 13.1. The van der Waals surface area contributed by atoms with E-state index in [0.29, 0.717) is 10.2 Å². The molecule has 0 aliphatic rings. The Balaban J connectivity index is 3.11. The molecule has 0 heterocycles. The predicted octanol–water partition coefficient (Wildman–Crippen LogP) is 3.71. The summed E-state index contributed by atoms with van der Waals surface area (Å²) in [6.45, 7) is 0.743. The van der Waals surface area contributed by atoms with Crippen LogP contribution in [0.5, 0.6) is 0 Å². The fraction of sp³-hybridized carbons (Fsp3) is 0.364. The first kappa shape index (κ1) is 13.8. The van der Waals surface area contributed by atoms with Gasteiger partial charge in [-0.25, -0.2) is 0 Å². The quantitative estimate of drug-likeness (QED) is 0.851. The van der Waals surface area contributed by atoms with Crippen LogP contribution >= 0.6 is 15.9 Å². The van der Waals surface area contributed by atoms with E-state index in [2.05, 4.69) is 15.9 Å². The molecule has 0 saturated carbocycles. The Hall–Kier alpha value is -1.22. The summed E-state index contributed by atoms with van der Waals surface area (Å²) in [6.07, 6.45) is -4.29. The van der Waals surface area contributed by atoms with Gasteiger partial charge in [0.15, 0.2) is 0 Å². The molecule has 1 aromatic rings. The van der Waals surface area contributed by atoms with E-state index in [1.807, 2.05) is 6.07 Å². The van der Waals surface area contributed by atoms with Crippen LogP contribution in [0.15, 0.2) is 22.7 Å². The number of alkyl halides is 3. The zero-order valence-electron chi connectivity index (χ0n) is 9.05. The molecule has 6 heteroatoms. The van der Waals surface area contributed by atoms with Crippen molar-refractivity contribution in [3.05, 3.63) is 28.2 Å². The molecular weight excluding hydrogens is 297 g/mol. The number of halogens is 4. The minimum Gasteiger partial charge on any atom is -0.362 e. The van der Waals surface area contributed by atoms with Gasteiger partial charge < -0.3 is 4.90 Å². The second kappa shape index (κ2) is 5.41. The maximum Gasteiger partial charge on any atom is 0.405 e. The highest BCUT2D eigenvalue weighted by molar-refractivity contribution is 9.10. The molecule has 1 rings (SSSR count). The SMILES string of the molecule is CCN(CC(F)(F)F)c1cc(Br)ccc1C#N. The molecule has 0 spiro atoms. The first-order valence-corrected chi connectivity index (χ1v) is 5.68. The molecule has 0 N–H and O–H groups in total. The minimum absolute atomic E-state index is 0.185. The Morgan fingerprint density at radius 1 is 1.41 bits per heavy atom. The van der Waals surface area contributed by atoms with Gasteiger partial charge in [0.2, 0.25) is 0 Å². The van der Waals surface area contributed by atoms with Crippen molar-refractivity contribution >= 4 is 21.6 Å². The van der Waals surface area contributed by atoms with Gasteiger partial charge in [-0.15, -0.1) is 0 Å². The summed E-state index contributed by atoms with van der Waals surface area (Å²) in [5.41, 5.74) is 0.529. The number of nitriles is 1. The average Bonchev–Trinajstić information content (AvgIpc) is 2.24. The predicted molar refractivity (Wildman–Crippen MR) is 62.8 cm³/mol. The fourth-order valence-electron chi connectivity index (χ4n) is 1.44. The number of hydrogen-bond donors (Lipinski definition) is 0. The largest absolute Gasteiger partial charge is 0.405 e. The van der Waals surface area contributed by atoms with Crippen molar-refractivity contribution < 1.29 is 13.2 Å². The van der Waals surface area contributed by atoms with Crippen LogP contribution in [0.25, 0.3) is 0 Å². The first-order valence-electron chi connectivity index (χ1n) is 4.88. The van der Waals surface area contributed by atoms with Crippen LogP contribution in [0.1, 0.15) is 12.5 Å². The lowest BCUT2D eigenvalue weighted by Crippen LogP contribution is -2.34. The van der Waals surface area contributed by atoms with Crippen molar-refractivity contribution in [1.29, 1.82) is 5.26 Å². The number of anilines is 1. The molecule has 0 radical (unpaired) electrons. The van der Waals surface area contributed by atoms with Crippen LogP contribution in [0, 0.1) is 11.3 Å². The van der Waals surface area contributed by atoms with Crippen molar-refractivity contribution in [3.8, 4) is 6.07 Å². The summed E-state index contributed by atoms with van der Waals surface area (Å²) in [5, 5.41) is 8.88. The average molecular weight is 307 g/mol. The summed E-state index contributed by atoms with van der Waals surface area (Å²) in [6, 6.07) is 6.54. The van der Waals surface area contributed by atoms with Gasteiger partial charge in [0, 0.05) is 11.0 Å². The van der Waals surface area contributed by atoms with Crippen LogP contribution in [0.2, 0.25) is 0 Å². The van der Waals surface area contributed by atoms with Gasteiger partial charge in [-0.3, -0.25) is 0 Å². The molecule has 17 heavy (non-hydrogen) atoms. The van der Waals surface area contributed by atoms with Gasteiger partial charge in [-0.2, -0.15) is 18.4 Å². The third-order valence-corrected chi connectivity index (χ3v) is 2.67. The number of rotatable bonds is 3. The van der Waals surface area contributed by atoms with E-state index >= 15 is 0 Å².